The first kappa shape index (κ1) is 14.6. The summed E-state index contributed by atoms with van der Waals surface area (Å²) < 4.78 is 0. The lowest BCUT2D eigenvalue weighted by molar-refractivity contribution is -0.148. The lowest BCUT2D eigenvalue weighted by Crippen LogP contribution is -2.53. The molecule has 0 aromatic heterocycles. The Morgan fingerprint density at radius 3 is 2.60 bits per heavy atom. The average Bonchev–Trinajstić information content (AvgIpc) is 2.89. The SMILES string of the molecule is CN1CCC(NC(=O)NC2CCCC2(C)C(=O)O)C1=O. The van der Waals surface area contributed by atoms with Gasteiger partial charge in [-0.05, 0) is 26.2 Å². The van der Waals surface area contributed by atoms with E-state index in [0.29, 0.717) is 25.8 Å². The molecule has 2 aliphatic rings. The number of aliphatic carboxylic acids is 1. The minimum atomic E-state index is -0.923. The Bertz CT molecular complexity index is 439. The minimum absolute atomic E-state index is 0.104. The molecule has 1 heterocycles. The van der Waals surface area contributed by atoms with E-state index in [4.69, 9.17) is 0 Å². The molecule has 2 rings (SSSR count). The van der Waals surface area contributed by atoms with Crippen LogP contribution >= 0.6 is 0 Å². The summed E-state index contributed by atoms with van der Waals surface area (Å²) in [7, 11) is 1.69. The molecule has 3 amide bonds. The molecule has 3 atom stereocenters. The summed E-state index contributed by atoms with van der Waals surface area (Å²) in [6, 6.07) is -1.36. The maximum absolute atomic E-state index is 11.9. The highest BCUT2D eigenvalue weighted by Crippen LogP contribution is 2.38. The fourth-order valence-electron chi connectivity index (χ4n) is 2.97. The molecule has 0 bridgehead atoms. The summed E-state index contributed by atoms with van der Waals surface area (Å²) in [6.45, 7) is 2.28. The Balaban J connectivity index is 1.92. The van der Waals surface area contributed by atoms with Crippen molar-refractivity contribution in [2.24, 2.45) is 5.41 Å². The van der Waals surface area contributed by atoms with Gasteiger partial charge in [0.2, 0.25) is 5.91 Å². The van der Waals surface area contributed by atoms with Crippen LogP contribution in [0.4, 0.5) is 4.79 Å². The van der Waals surface area contributed by atoms with Crippen LogP contribution < -0.4 is 10.6 Å². The topological polar surface area (TPSA) is 98.7 Å². The van der Waals surface area contributed by atoms with Gasteiger partial charge in [-0.1, -0.05) is 6.42 Å². The highest BCUT2D eigenvalue weighted by Gasteiger charge is 2.46. The van der Waals surface area contributed by atoms with E-state index in [1.807, 2.05) is 0 Å². The van der Waals surface area contributed by atoms with Crippen molar-refractivity contribution in [3.05, 3.63) is 0 Å². The molecule has 20 heavy (non-hydrogen) atoms. The van der Waals surface area contributed by atoms with E-state index in [0.717, 1.165) is 6.42 Å². The summed E-state index contributed by atoms with van der Waals surface area (Å²) >= 11 is 0. The fourth-order valence-corrected chi connectivity index (χ4v) is 2.97. The first-order valence-electron chi connectivity index (χ1n) is 6.90. The smallest absolute Gasteiger partial charge is 0.315 e. The summed E-state index contributed by atoms with van der Waals surface area (Å²) in [4.78, 5) is 36.5. The predicted octanol–water partition coefficient (Wildman–Crippen LogP) is 0.160. The molecule has 2 fully saturated rings. The van der Waals surface area contributed by atoms with Crippen LogP contribution in [0.2, 0.25) is 0 Å². The number of nitrogens with one attached hydrogen (secondary N) is 2. The number of likely N-dealkylation sites (tertiary alicyclic amines) is 1. The van der Waals surface area contributed by atoms with Crippen molar-refractivity contribution in [2.45, 2.75) is 44.7 Å². The Morgan fingerprint density at radius 1 is 1.35 bits per heavy atom. The molecule has 1 aliphatic carbocycles. The molecule has 0 aromatic carbocycles. The molecular formula is C13H21N3O4. The third-order valence-corrected chi connectivity index (χ3v) is 4.48. The van der Waals surface area contributed by atoms with Crippen LogP contribution in [0.1, 0.15) is 32.6 Å². The lowest BCUT2D eigenvalue weighted by atomic mass is 9.85. The third kappa shape index (κ3) is 2.57. The van der Waals surface area contributed by atoms with Gasteiger partial charge in [0.1, 0.15) is 6.04 Å². The van der Waals surface area contributed by atoms with Gasteiger partial charge in [-0.25, -0.2) is 4.79 Å². The highest BCUT2D eigenvalue weighted by molar-refractivity contribution is 5.88. The number of amides is 3. The molecule has 7 nitrogen and oxygen atoms in total. The van der Waals surface area contributed by atoms with Crippen molar-refractivity contribution in [2.75, 3.05) is 13.6 Å². The number of rotatable bonds is 3. The zero-order valence-electron chi connectivity index (χ0n) is 11.8. The van der Waals surface area contributed by atoms with E-state index in [1.165, 1.54) is 0 Å². The van der Waals surface area contributed by atoms with E-state index >= 15 is 0 Å². The van der Waals surface area contributed by atoms with E-state index in [-0.39, 0.29) is 5.91 Å². The number of carbonyl (C=O) groups is 3. The number of carboxylic acids is 1. The Hall–Kier alpha value is -1.79. The largest absolute Gasteiger partial charge is 0.481 e. The van der Waals surface area contributed by atoms with Gasteiger partial charge < -0.3 is 20.6 Å². The molecule has 112 valence electrons. The van der Waals surface area contributed by atoms with Crippen molar-refractivity contribution >= 4 is 17.9 Å². The lowest BCUT2D eigenvalue weighted by Gasteiger charge is -2.28. The minimum Gasteiger partial charge on any atom is -0.481 e. The zero-order valence-corrected chi connectivity index (χ0v) is 11.8. The van der Waals surface area contributed by atoms with Crippen LogP contribution in [0.15, 0.2) is 0 Å². The Kier molecular flexibility index (Phi) is 3.87. The normalized spacial score (nSPS) is 33.3. The van der Waals surface area contributed by atoms with Crippen LogP contribution in [-0.2, 0) is 9.59 Å². The predicted molar refractivity (Wildman–Crippen MR) is 71.1 cm³/mol. The number of hydrogen-bond donors (Lipinski definition) is 3. The fraction of sp³-hybridized carbons (Fsp3) is 0.769. The quantitative estimate of drug-likeness (QED) is 0.687. The standard InChI is InChI=1S/C13H21N3O4/c1-13(11(18)19)6-3-4-9(13)15-12(20)14-8-5-7-16(2)10(8)17/h8-9H,3-7H2,1-2H3,(H,18,19)(H2,14,15,20). The van der Waals surface area contributed by atoms with Crippen LogP contribution in [-0.4, -0.2) is 53.6 Å². The summed E-state index contributed by atoms with van der Waals surface area (Å²) in [6.07, 6.45) is 2.57. The number of likely N-dealkylation sites (N-methyl/N-ethyl adjacent to an activating group) is 1. The average molecular weight is 283 g/mol. The molecule has 0 spiro atoms. The van der Waals surface area contributed by atoms with Gasteiger partial charge in [0, 0.05) is 19.6 Å². The first-order chi connectivity index (χ1) is 9.34. The van der Waals surface area contributed by atoms with E-state index in [2.05, 4.69) is 10.6 Å². The second-order valence-corrected chi connectivity index (χ2v) is 5.89. The maximum atomic E-state index is 11.9. The molecule has 1 aliphatic heterocycles. The van der Waals surface area contributed by atoms with E-state index in [9.17, 15) is 19.5 Å². The second-order valence-electron chi connectivity index (χ2n) is 5.89. The van der Waals surface area contributed by atoms with Gasteiger partial charge >= 0.3 is 12.0 Å². The number of carbonyl (C=O) groups excluding carboxylic acids is 2. The van der Waals surface area contributed by atoms with Crippen LogP contribution in [0.25, 0.3) is 0 Å². The molecule has 3 N–H and O–H groups in total. The van der Waals surface area contributed by atoms with Gasteiger partial charge in [-0.15, -0.1) is 0 Å². The van der Waals surface area contributed by atoms with Crippen molar-refractivity contribution in [3.63, 3.8) is 0 Å². The highest BCUT2D eigenvalue weighted by atomic mass is 16.4. The van der Waals surface area contributed by atoms with Crippen molar-refractivity contribution in [1.82, 2.24) is 15.5 Å². The summed E-state index contributed by atoms with van der Waals surface area (Å²) in [5.74, 6) is -0.996. The van der Waals surface area contributed by atoms with Gasteiger partial charge in [0.15, 0.2) is 0 Å². The Labute approximate surface area is 117 Å². The van der Waals surface area contributed by atoms with Crippen LogP contribution in [0.3, 0.4) is 0 Å². The number of nitrogens with zero attached hydrogens (tertiary/aromatic N) is 1. The van der Waals surface area contributed by atoms with E-state index in [1.54, 1.807) is 18.9 Å². The molecule has 0 aromatic rings. The molecule has 7 heteroatoms. The monoisotopic (exact) mass is 283 g/mol. The van der Waals surface area contributed by atoms with Gasteiger partial charge in [0.25, 0.3) is 0 Å². The summed E-state index contributed by atoms with van der Waals surface area (Å²) in [5.41, 5.74) is -0.923. The number of carboxylic acid groups (broad SMARTS) is 1. The van der Waals surface area contributed by atoms with Crippen molar-refractivity contribution in [3.8, 4) is 0 Å². The Morgan fingerprint density at radius 2 is 2.05 bits per heavy atom. The molecule has 1 saturated heterocycles. The molecule has 1 saturated carbocycles. The first-order valence-corrected chi connectivity index (χ1v) is 6.90. The maximum Gasteiger partial charge on any atom is 0.315 e. The van der Waals surface area contributed by atoms with Gasteiger partial charge in [-0.2, -0.15) is 0 Å². The van der Waals surface area contributed by atoms with Gasteiger partial charge in [-0.3, -0.25) is 9.59 Å². The number of hydrogen-bond acceptors (Lipinski definition) is 3. The zero-order chi connectivity index (χ0) is 14.9. The van der Waals surface area contributed by atoms with Crippen LogP contribution in [0.5, 0.6) is 0 Å². The molecular weight excluding hydrogens is 262 g/mol. The number of urea groups is 1. The van der Waals surface area contributed by atoms with E-state index < -0.39 is 29.5 Å². The third-order valence-electron chi connectivity index (χ3n) is 4.48. The molecule has 0 radical (unpaired) electrons. The summed E-state index contributed by atoms with van der Waals surface area (Å²) in [5, 5.41) is 14.6. The second kappa shape index (κ2) is 5.30. The molecule has 3 unspecified atom stereocenters. The van der Waals surface area contributed by atoms with Crippen LogP contribution in [0, 0.1) is 5.41 Å². The van der Waals surface area contributed by atoms with Crippen molar-refractivity contribution in [1.29, 1.82) is 0 Å². The van der Waals surface area contributed by atoms with Gasteiger partial charge in [0.05, 0.1) is 5.41 Å². The van der Waals surface area contributed by atoms with Crippen molar-refractivity contribution < 1.29 is 19.5 Å².